The van der Waals surface area contributed by atoms with Gasteiger partial charge in [0.15, 0.2) is 5.78 Å². The number of nitrogens with zero attached hydrogens (tertiary/aromatic N) is 4. The Balaban J connectivity index is 1.41. The molecule has 0 saturated heterocycles. The fourth-order valence-electron chi connectivity index (χ4n) is 9.10. The molecule has 0 radical (unpaired) electrons. The minimum Gasteiger partial charge on any atom is -0.390 e. The van der Waals surface area contributed by atoms with Gasteiger partial charge >= 0.3 is 0 Å². The van der Waals surface area contributed by atoms with E-state index in [-0.39, 0.29) is 11.3 Å². The topological polar surface area (TPSA) is 71.2 Å². The summed E-state index contributed by atoms with van der Waals surface area (Å²) in [5, 5.41) is 19.1. The molecule has 6 nitrogen and oxygen atoms in total. The molecule has 5 rings (SSSR count). The van der Waals surface area contributed by atoms with Crippen LogP contribution in [0.15, 0.2) is 12.4 Å². The third-order valence-corrected chi connectivity index (χ3v) is 10.1. The van der Waals surface area contributed by atoms with Gasteiger partial charge in [-0.1, -0.05) is 6.92 Å². The van der Waals surface area contributed by atoms with Crippen molar-refractivity contribution in [1.82, 2.24) is 19.9 Å². The van der Waals surface area contributed by atoms with Gasteiger partial charge in [-0.25, -0.2) is 0 Å². The molecule has 178 valence electrons. The van der Waals surface area contributed by atoms with Gasteiger partial charge in [-0.3, -0.25) is 4.79 Å². The van der Waals surface area contributed by atoms with Crippen LogP contribution >= 0.6 is 0 Å². The maximum atomic E-state index is 13.5. The van der Waals surface area contributed by atoms with Crippen molar-refractivity contribution in [3.8, 4) is 0 Å². The highest BCUT2D eigenvalue weighted by molar-refractivity contribution is 5.82. The summed E-state index contributed by atoms with van der Waals surface area (Å²) in [6.45, 7) is 5.88. The Morgan fingerprint density at radius 3 is 2.50 bits per heavy atom. The van der Waals surface area contributed by atoms with Crippen molar-refractivity contribution >= 4 is 5.78 Å². The second-order valence-corrected chi connectivity index (χ2v) is 12.5. The van der Waals surface area contributed by atoms with Crippen molar-refractivity contribution in [2.45, 2.75) is 77.4 Å². The quantitative estimate of drug-likeness (QED) is 0.754. The van der Waals surface area contributed by atoms with Crippen molar-refractivity contribution < 1.29 is 9.90 Å². The summed E-state index contributed by atoms with van der Waals surface area (Å²) in [5.41, 5.74) is -0.366. The molecule has 9 atom stereocenters. The Hall–Kier alpha value is -1.27. The van der Waals surface area contributed by atoms with E-state index in [0.29, 0.717) is 30.1 Å². The van der Waals surface area contributed by atoms with Crippen LogP contribution in [0.2, 0.25) is 0 Å². The number of rotatable bonds is 5. The van der Waals surface area contributed by atoms with Gasteiger partial charge in [-0.05, 0) is 113 Å². The van der Waals surface area contributed by atoms with E-state index in [4.69, 9.17) is 0 Å². The van der Waals surface area contributed by atoms with Crippen LogP contribution in [0, 0.1) is 46.8 Å². The molecule has 0 spiro atoms. The van der Waals surface area contributed by atoms with Gasteiger partial charge in [-0.2, -0.15) is 15.0 Å². The summed E-state index contributed by atoms with van der Waals surface area (Å²) in [7, 11) is 4.36. The van der Waals surface area contributed by atoms with Crippen molar-refractivity contribution in [2.24, 2.45) is 46.8 Å². The second kappa shape index (κ2) is 8.19. The molecule has 6 heteroatoms. The third-order valence-electron chi connectivity index (χ3n) is 10.1. The summed E-state index contributed by atoms with van der Waals surface area (Å²) >= 11 is 0. The molecule has 4 aliphatic carbocycles. The molecule has 1 aromatic rings. The highest BCUT2D eigenvalue weighted by atomic mass is 16.3. The lowest BCUT2D eigenvalue weighted by atomic mass is 9.48. The first-order chi connectivity index (χ1) is 15.2. The lowest BCUT2D eigenvalue weighted by Gasteiger charge is -2.57. The molecule has 0 aromatic carbocycles. The number of fused-ring (bicyclic) bond motifs is 5. The minimum atomic E-state index is -0.462. The summed E-state index contributed by atoms with van der Waals surface area (Å²) < 4.78 is 0. The van der Waals surface area contributed by atoms with Crippen molar-refractivity contribution in [3.63, 3.8) is 0 Å². The Bertz CT molecular complexity index is 822. The van der Waals surface area contributed by atoms with Gasteiger partial charge in [0.2, 0.25) is 0 Å². The Morgan fingerprint density at radius 1 is 1.06 bits per heavy atom. The van der Waals surface area contributed by atoms with Gasteiger partial charge in [0.05, 0.1) is 18.0 Å². The summed E-state index contributed by atoms with van der Waals surface area (Å²) in [6, 6.07) is 0. The molecule has 0 amide bonds. The van der Waals surface area contributed by atoms with Crippen LogP contribution in [0.25, 0.3) is 0 Å². The summed E-state index contributed by atoms with van der Waals surface area (Å²) in [6.07, 6.45) is 12.5. The summed E-state index contributed by atoms with van der Waals surface area (Å²) in [4.78, 5) is 17.4. The molecule has 1 heterocycles. The number of carbonyl (C=O) groups excluding carboxylic acids is 1. The maximum absolute atomic E-state index is 13.5. The fraction of sp³-hybridized carbons (Fsp3) is 0.885. The Morgan fingerprint density at radius 2 is 1.78 bits per heavy atom. The molecular weight excluding hydrogens is 400 g/mol. The molecule has 0 bridgehead atoms. The van der Waals surface area contributed by atoms with E-state index in [0.717, 1.165) is 43.6 Å². The Kier molecular flexibility index (Phi) is 5.77. The first-order valence-corrected chi connectivity index (χ1v) is 12.9. The summed E-state index contributed by atoms with van der Waals surface area (Å²) in [5.74, 6) is 4.67. The zero-order valence-electron chi connectivity index (χ0n) is 20.4. The van der Waals surface area contributed by atoms with Crippen molar-refractivity contribution in [1.29, 1.82) is 0 Å². The number of Topliss-reactive ketones (excluding diaryl/α,β-unsaturated/α-hetero) is 1. The number of aromatic nitrogens is 3. The van der Waals surface area contributed by atoms with E-state index in [2.05, 4.69) is 36.1 Å². The molecule has 0 unspecified atom stereocenters. The molecule has 1 N–H and O–H groups in total. The predicted molar refractivity (Wildman–Crippen MR) is 124 cm³/mol. The molecule has 4 saturated carbocycles. The molecule has 32 heavy (non-hydrogen) atoms. The first-order valence-electron chi connectivity index (χ1n) is 12.9. The smallest absolute Gasteiger partial charge is 0.159 e. The van der Waals surface area contributed by atoms with Gasteiger partial charge in [0, 0.05) is 12.5 Å². The van der Waals surface area contributed by atoms with Crippen LogP contribution in [0.5, 0.6) is 0 Å². The van der Waals surface area contributed by atoms with E-state index in [1.54, 1.807) is 17.2 Å². The first kappa shape index (κ1) is 22.5. The largest absolute Gasteiger partial charge is 0.390 e. The fourth-order valence-corrected chi connectivity index (χ4v) is 9.10. The van der Waals surface area contributed by atoms with E-state index >= 15 is 0 Å². The molecule has 4 aliphatic rings. The molecule has 4 fully saturated rings. The lowest BCUT2D eigenvalue weighted by Crippen LogP contribution is -2.52. The van der Waals surface area contributed by atoms with Crippen molar-refractivity contribution in [3.05, 3.63) is 12.4 Å². The van der Waals surface area contributed by atoms with Gasteiger partial charge in [-0.15, -0.1) is 0 Å². The van der Waals surface area contributed by atoms with Gasteiger partial charge in [0.25, 0.3) is 0 Å². The number of carbonyl (C=O) groups is 1. The van der Waals surface area contributed by atoms with Crippen LogP contribution < -0.4 is 0 Å². The van der Waals surface area contributed by atoms with E-state index < -0.39 is 5.60 Å². The van der Waals surface area contributed by atoms with Crippen LogP contribution in [0.3, 0.4) is 0 Å². The minimum absolute atomic E-state index is 0.0963. The number of hydrogen-bond acceptors (Lipinski definition) is 5. The van der Waals surface area contributed by atoms with Crippen LogP contribution in [0.4, 0.5) is 0 Å². The predicted octanol–water partition coefficient (Wildman–Crippen LogP) is 3.65. The normalized spacial score (nSPS) is 45.9. The highest BCUT2D eigenvalue weighted by Crippen LogP contribution is 2.66. The number of aliphatic hydroxyl groups is 1. The molecular formula is C26H42N4O2. The van der Waals surface area contributed by atoms with Crippen LogP contribution in [-0.4, -0.2) is 57.0 Å². The average Bonchev–Trinajstić information content (AvgIpc) is 3.32. The molecule has 1 aromatic heterocycles. The zero-order valence-corrected chi connectivity index (χ0v) is 20.4. The SMILES string of the molecule is CN(C)C[C@@H]1C[C@H](C(=O)Cn2nccn2)[C@@]2(C)CC[C@H]3[C@@H](CC[C@@H]4C[C@](C)(O)CC[C@@H]43)[C@H]12. The van der Waals surface area contributed by atoms with E-state index in [1.807, 2.05) is 6.92 Å². The van der Waals surface area contributed by atoms with Crippen molar-refractivity contribution in [2.75, 3.05) is 20.6 Å². The van der Waals surface area contributed by atoms with Crippen LogP contribution in [0.1, 0.15) is 65.2 Å². The van der Waals surface area contributed by atoms with Gasteiger partial charge < -0.3 is 10.0 Å². The number of ketones is 1. The monoisotopic (exact) mass is 442 g/mol. The van der Waals surface area contributed by atoms with Gasteiger partial charge in [0.1, 0.15) is 6.54 Å². The average molecular weight is 443 g/mol. The lowest BCUT2D eigenvalue weighted by molar-refractivity contribution is -0.134. The standard InChI is InChI=1S/C26H42N4O2/c1-25(32)9-7-19-17(14-25)5-6-21-20(19)8-10-26(2)22(13-18(24(21)26)15-29(3)4)23(31)16-30-27-11-12-28-30/h11-12,17-22,24,32H,5-10,13-16H2,1-4H3/t17-,18+,19+,20-,21-,22-,24+,25-,26-/m1/s1. The van der Waals surface area contributed by atoms with E-state index in [1.165, 1.54) is 32.1 Å². The highest BCUT2D eigenvalue weighted by Gasteiger charge is 2.61. The maximum Gasteiger partial charge on any atom is 0.159 e. The van der Waals surface area contributed by atoms with Crippen LogP contribution in [-0.2, 0) is 11.3 Å². The number of hydrogen-bond donors (Lipinski definition) is 1. The second-order valence-electron chi connectivity index (χ2n) is 12.5. The van der Waals surface area contributed by atoms with E-state index in [9.17, 15) is 9.90 Å². The molecule has 0 aliphatic heterocycles. The Labute approximate surface area is 193 Å². The third kappa shape index (κ3) is 3.85. The zero-order chi connectivity index (χ0) is 22.7.